The van der Waals surface area contributed by atoms with Crippen LogP contribution in [0.5, 0.6) is 5.75 Å². The van der Waals surface area contributed by atoms with Gasteiger partial charge in [-0.2, -0.15) is 0 Å². The molecular formula is C18H15FN2O3. The van der Waals surface area contributed by atoms with Crippen molar-refractivity contribution in [1.82, 2.24) is 4.98 Å². The Labute approximate surface area is 137 Å². The van der Waals surface area contributed by atoms with Gasteiger partial charge in [-0.25, -0.2) is 4.39 Å². The lowest BCUT2D eigenvalue weighted by molar-refractivity contribution is -0.112. The minimum absolute atomic E-state index is 0.132. The van der Waals surface area contributed by atoms with Gasteiger partial charge in [0.2, 0.25) is 0 Å². The second-order valence-corrected chi connectivity index (χ2v) is 5.13. The molecule has 3 aromatic rings. The highest BCUT2D eigenvalue weighted by atomic mass is 19.1. The summed E-state index contributed by atoms with van der Waals surface area (Å²) in [6.45, 7) is 2.42. The number of rotatable bonds is 5. The van der Waals surface area contributed by atoms with Gasteiger partial charge in [-0.3, -0.25) is 9.59 Å². The van der Waals surface area contributed by atoms with Crippen LogP contribution in [0.15, 0.2) is 48.7 Å². The van der Waals surface area contributed by atoms with Crippen molar-refractivity contribution in [2.45, 2.75) is 6.92 Å². The van der Waals surface area contributed by atoms with Crippen molar-refractivity contribution in [3.8, 4) is 5.75 Å². The van der Waals surface area contributed by atoms with Crippen molar-refractivity contribution >= 4 is 28.3 Å². The summed E-state index contributed by atoms with van der Waals surface area (Å²) < 4.78 is 18.7. The molecule has 0 saturated heterocycles. The van der Waals surface area contributed by atoms with Crippen molar-refractivity contribution < 1.29 is 18.7 Å². The molecule has 5 nitrogen and oxygen atoms in total. The minimum atomic E-state index is -0.788. The van der Waals surface area contributed by atoms with Gasteiger partial charge in [0.05, 0.1) is 12.2 Å². The van der Waals surface area contributed by atoms with Gasteiger partial charge >= 0.3 is 0 Å². The van der Waals surface area contributed by atoms with Gasteiger partial charge in [0.1, 0.15) is 11.6 Å². The van der Waals surface area contributed by atoms with Crippen LogP contribution in [-0.4, -0.2) is 23.3 Å². The standard InChI is InChI=1S/C18H15FN2O3/c1-2-24-13-6-4-12(5-7-13)21-18(23)17(22)15-10-20-16-8-3-11(19)9-14(15)16/h3-10,20H,2H2,1H3,(H,21,23). The molecule has 1 heterocycles. The summed E-state index contributed by atoms with van der Waals surface area (Å²) in [6.07, 6.45) is 1.41. The fourth-order valence-corrected chi connectivity index (χ4v) is 2.39. The number of halogens is 1. The molecule has 0 fully saturated rings. The molecule has 0 radical (unpaired) electrons. The second kappa shape index (κ2) is 6.54. The maximum Gasteiger partial charge on any atom is 0.296 e. The molecule has 0 aliphatic rings. The molecule has 24 heavy (non-hydrogen) atoms. The minimum Gasteiger partial charge on any atom is -0.494 e. The van der Waals surface area contributed by atoms with Crippen molar-refractivity contribution in [2.24, 2.45) is 0 Å². The van der Waals surface area contributed by atoms with Crippen LogP contribution in [0.3, 0.4) is 0 Å². The number of Topliss-reactive ketones (excluding diaryl/α,β-unsaturated/α-hetero) is 1. The predicted molar refractivity (Wildman–Crippen MR) is 88.8 cm³/mol. The average Bonchev–Trinajstić information content (AvgIpc) is 2.99. The van der Waals surface area contributed by atoms with E-state index in [0.29, 0.717) is 28.9 Å². The highest BCUT2D eigenvalue weighted by Crippen LogP contribution is 2.21. The Bertz CT molecular complexity index is 900. The zero-order valence-electron chi connectivity index (χ0n) is 12.9. The molecular weight excluding hydrogens is 311 g/mol. The van der Waals surface area contributed by atoms with Crippen molar-refractivity contribution in [3.63, 3.8) is 0 Å². The van der Waals surface area contributed by atoms with Gasteiger partial charge in [-0.1, -0.05) is 0 Å². The van der Waals surface area contributed by atoms with Crippen molar-refractivity contribution in [2.75, 3.05) is 11.9 Å². The Balaban J connectivity index is 1.78. The first-order chi connectivity index (χ1) is 11.6. The van der Waals surface area contributed by atoms with Crippen LogP contribution in [0.25, 0.3) is 10.9 Å². The van der Waals surface area contributed by atoms with E-state index >= 15 is 0 Å². The molecule has 0 saturated carbocycles. The zero-order chi connectivity index (χ0) is 17.1. The van der Waals surface area contributed by atoms with Crippen molar-refractivity contribution in [3.05, 3.63) is 60.0 Å². The van der Waals surface area contributed by atoms with E-state index in [1.54, 1.807) is 24.3 Å². The number of amides is 1. The fourth-order valence-electron chi connectivity index (χ4n) is 2.39. The molecule has 0 aliphatic carbocycles. The number of hydrogen-bond acceptors (Lipinski definition) is 3. The summed E-state index contributed by atoms with van der Waals surface area (Å²) in [5.74, 6) is -1.32. The smallest absolute Gasteiger partial charge is 0.296 e. The maximum absolute atomic E-state index is 13.4. The Kier molecular flexibility index (Phi) is 4.29. The molecule has 3 rings (SSSR count). The van der Waals surface area contributed by atoms with E-state index in [9.17, 15) is 14.0 Å². The molecule has 0 bridgehead atoms. The molecule has 1 aromatic heterocycles. The van der Waals surface area contributed by atoms with Crippen LogP contribution in [0.2, 0.25) is 0 Å². The molecule has 0 atom stereocenters. The summed E-state index contributed by atoms with van der Waals surface area (Å²) in [5.41, 5.74) is 1.20. The van der Waals surface area contributed by atoms with E-state index in [-0.39, 0.29) is 5.56 Å². The van der Waals surface area contributed by atoms with Gasteiger partial charge < -0.3 is 15.0 Å². The zero-order valence-corrected chi connectivity index (χ0v) is 12.9. The number of ketones is 1. The summed E-state index contributed by atoms with van der Waals surface area (Å²) in [7, 11) is 0. The Morgan fingerprint density at radius 2 is 1.92 bits per heavy atom. The quantitative estimate of drug-likeness (QED) is 0.556. The highest BCUT2D eigenvalue weighted by molar-refractivity contribution is 6.48. The van der Waals surface area contributed by atoms with Crippen LogP contribution in [-0.2, 0) is 4.79 Å². The molecule has 2 N–H and O–H groups in total. The number of benzene rings is 2. The van der Waals surface area contributed by atoms with E-state index in [1.165, 1.54) is 24.4 Å². The third-order valence-electron chi connectivity index (χ3n) is 3.52. The number of nitrogens with one attached hydrogen (secondary N) is 2. The van der Waals surface area contributed by atoms with Crippen LogP contribution >= 0.6 is 0 Å². The molecule has 0 unspecified atom stereocenters. The van der Waals surface area contributed by atoms with Gasteiger partial charge in [0, 0.05) is 22.8 Å². The van der Waals surface area contributed by atoms with E-state index in [4.69, 9.17) is 4.74 Å². The number of ether oxygens (including phenoxy) is 1. The van der Waals surface area contributed by atoms with E-state index < -0.39 is 17.5 Å². The van der Waals surface area contributed by atoms with Crippen LogP contribution in [0.4, 0.5) is 10.1 Å². The summed E-state index contributed by atoms with van der Waals surface area (Å²) in [4.78, 5) is 27.3. The number of fused-ring (bicyclic) bond motifs is 1. The molecule has 6 heteroatoms. The topological polar surface area (TPSA) is 71.2 Å². The number of aromatic nitrogens is 1. The SMILES string of the molecule is CCOc1ccc(NC(=O)C(=O)c2c[nH]c3ccc(F)cc23)cc1. The third kappa shape index (κ3) is 3.12. The first-order valence-electron chi connectivity index (χ1n) is 7.43. The lowest BCUT2D eigenvalue weighted by Crippen LogP contribution is -2.22. The van der Waals surface area contributed by atoms with Crippen molar-refractivity contribution in [1.29, 1.82) is 0 Å². The van der Waals surface area contributed by atoms with Crippen LogP contribution < -0.4 is 10.1 Å². The molecule has 1 amide bonds. The first kappa shape index (κ1) is 15.7. The Morgan fingerprint density at radius 1 is 1.17 bits per heavy atom. The number of anilines is 1. The van der Waals surface area contributed by atoms with Gasteiger partial charge in [0.15, 0.2) is 0 Å². The summed E-state index contributed by atoms with van der Waals surface area (Å²) in [6, 6.07) is 10.7. The number of carbonyl (C=O) groups is 2. The lowest BCUT2D eigenvalue weighted by Gasteiger charge is -2.06. The van der Waals surface area contributed by atoms with E-state index in [0.717, 1.165) is 0 Å². The van der Waals surface area contributed by atoms with E-state index in [1.807, 2.05) is 6.92 Å². The third-order valence-corrected chi connectivity index (χ3v) is 3.52. The van der Waals surface area contributed by atoms with Crippen LogP contribution in [0.1, 0.15) is 17.3 Å². The van der Waals surface area contributed by atoms with Crippen LogP contribution in [0, 0.1) is 5.82 Å². The summed E-state index contributed by atoms with van der Waals surface area (Å²) in [5, 5.41) is 2.90. The number of carbonyl (C=O) groups excluding carboxylic acids is 2. The number of aromatic amines is 1. The predicted octanol–water partition coefficient (Wildman–Crippen LogP) is 3.53. The largest absolute Gasteiger partial charge is 0.494 e. The van der Waals surface area contributed by atoms with Gasteiger partial charge in [-0.15, -0.1) is 0 Å². The summed E-state index contributed by atoms with van der Waals surface area (Å²) >= 11 is 0. The van der Waals surface area contributed by atoms with Gasteiger partial charge in [0.25, 0.3) is 11.7 Å². The first-order valence-corrected chi connectivity index (χ1v) is 7.43. The Morgan fingerprint density at radius 3 is 2.62 bits per heavy atom. The van der Waals surface area contributed by atoms with E-state index in [2.05, 4.69) is 10.3 Å². The number of H-pyrrole nitrogens is 1. The average molecular weight is 326 g/mol. The van der Waals surface area contributed by atoms with Gasteiger partial charge in [-0.05, 0) is 49.4 Å². The lowest BCUT2D eigenvalue weighted by atomic mass is 10.1. The number of hydrogen-bond donors (Lipinski definition) is 2. The molecule has 2 aromatic carbocycles. The monoisotopic (exact) mass is 326 g/mol. The Hall–Kier alpha value is -3.15. The highest BCUT2D eigenvalue weighted by Gasteiger charge is 2.20. The fraction of sp³-hybridized carbons (Fsp3) is 0.111. The molecule has 122 valence electrons. The maximum atomic E-state index is 13.4. The second-order valence-electron chi connectivity index (χ2n) is 5.13. The normalized spacial score (nSPS) is 10.6. The molecule has 0 spiro atoms. The molecule has 0 aliphatic heterocycles.